The predicted molar refractivity (Wildman–Crippen MR) is 87.9 cm³/mol. The van der Waals surface area contributed by atoms with Gasteiger partial charge < -0.3 is 4.98 Å². The molecule has 0 atom stereocenters. The van der Waals surface area contributed by atoms with Gasteiger partial charge in [0.1, 0.15) is 5.69 Å². The molecule has 4 nitrogen and oxygen atoms in total. The first kappa shape index (κ1) is 15.6. The molecule has 0 unspecified atom stereocenters. The number of nitrogens with one attached hydrogen (secondary N) is 1. The molecule has 2 aromatic rings. The number of aryl methyl sites for hydroxylation is 2. The lowest BCUT2D eigenvalue weighted by Crippen LogP contribution is -2.16. The molecule has 0 saturated carbocycles. The highest BCUT2D eigenvalue weighted by molar-refractivity contribution is 6.10. The second-order valence-electron chi connectivity index (χ2n) is 4.93. The summed E-state index contributed by atoms with van der Waals surface area (Å²) >= 11 is 0. The van der Waals surface area contributed by atoms with Crippen LogP contribution in [0, 0.1) is 6.92 Å². The maximum atomic E-state index is 12.2. The zero-order valence-corrected chi connectivity index (χ0v) is 12.7. The summed E-state index contributed by atoms with van der Waals surface area (Å²) in [7, 11) is 0. The van der Waals surface area contributed by atoms with Gasteiger partial charge in [-0.3, -0.25) is 9.59 Å². The Morgan fingerprint density at radius 1 is 1.32 bits per heavy atom. The molecule has 0 aliphatic rings. The Kier molecular flexibility index (Phi) is 4.84. The molecule has 112 valence electrons. The fourth-order valence-electron chi connectivity index (χ4n) is 2.02. The number of ketones is 1. The van der Waals surface area contributed by atoms with Crippen molar-refractivity contribution in [2.24, 2.45) is 0 Å². The molecule has 4 heteroatoms. The number of benzene rings is 1. The van der Waals surface area contributed by atoms with E-state index in [2.05, 4.69) is 16.5 Å². The molecule has 1 heterocycles. The number of allylic oxidation sites excluding steroid dienone is 2. The van der Waals surface area contributed by atoms with E-state index in [0.717, 1.165) is 0 Å². The first-order valence-corrected chi connectivity index (χ1v) is 7.09. The lowest BCUT2D eigenvalue weighted by Gasteiger charge is -2.03. The predicted octanol–water partition coefficient (Wildman–Crippen LogP) is 3.09. The van der Waals surface area contributed by atoms with Crippen molar-refractivity contribution in [3.8, 4) is 0 Å². The van der Waals surface area contributed by atoms with E-state index in [1.807, 2.05) is 25.1 Å². The van der Waals surface area contributed by atoms with Gasteiger partial charge in [0.05, 0.1) is 5.69 Å². The van der Waals surface area contributed by atoms with E-state index in [1.165, 1.54) is 0 Å². The van der Waals surface area contributed by atoms with Gasteiger partial charge in [-0.2, -0.15) is 0 Å². The second kappa shape index (κ2) is 6.80. The molecular formula is C18H18N2O2. The zero-order valence-electron chi connectivity index (χ0n) is 12.7. The molecule has 2 rings (SSSR count). The topological polar surface area (TPSA) is 62.8 Å². The highest BCUT2D eigenvalue weighted by Crippen LogP contribution is 2.10. The summed E-state index contributed by atoms with van der Waals surface area (Å²) < 4.78 is 0. The zero-order chi connectivity index (χ0) is 16.1. The van der Waals surface area contributed by atoms with Crippen LogP contribution in [-0.4, -0.2) is 15.8 Å². The Hall–Kier alpha value is -2.75. The van der Waals surface area contributed by atoms with Gasteiger partial charge in [0, 0.05) is 16.8 Å². The maximum absolute atomic E-state index is 12.2. The van der Waals surface area contributed by atoms with Crippen molar-refractivity contribution >= 4 is 11.9 Å². The number of Topliss-reactive ketones (excluding diaryl/α,β-unsaturated/α-hetero) is 1. The molecule has 1 N–H and O–H groups in total. The van der Waals surface area contributed by atoms with Crippen LogP contribution in [0.3, 0.4) is 0 Å². The van der Waals surface area contributed by atoms with Crippen LogP contribution in [0.2, 0.25) is 0 Å². The van der Waals surface area contributed by atoms with E-state index in [-0.39, 0.29) is 11.3 Å². The molecule has 22 heavy (non-hydrogen) atoms. The van der Waals surface area contributed by atoms with Gasteiger partial charge in [0.25, 0.3) is 5.56 Å². The monoisotopic (exact) mass is 294 g/mol. The van der Waals surface area contributed by atoms with Gasteiger partial charge in [-0.25, -0.2) is 4.98 Å². The molecule has 0 aliphatic carbocycles. The normalized spacial score (nSPS) is 10.8. The Bertz CT molecular complexity index is 786. The van der Waals surface area contributed by atoms with E-state index in [0.29, 0.717) is 34.6 Å². The first-order chi connectivity index (χ1) is 10.5. The number of aromatic nitrogens is 2. The van der Waals surface area contributed by atoms with E-state index in [1.54, 1.807) is 31.2 Å². The van der Waals surface area contributed by atoms with Crippen molar-refractivity contribution in [1.82, 2.24) is 9.97 Å². The van der Waals surface area contributed by atoms with E-state index in [9.17, 15) is 9.59 Å². The van der Waals surface area contributed by atoms with Crippen molar-refractivity contribution in [3.63, 3.8) is 0 Å². The van der Waals surface area contributed by atoms with Crippen molar-refractivity contribution in [2.45, 2.75) is 20.3 Å². The molecule has 0 saturated heterocycles. The molecule has 0 bridgehead atoms. The van der Waals surface area contributed by atoms with E-state index >= 15 is 0 Å². The van der Waals surface area contributed by atoms with Crippen molar-refractivity contribution in [2.75, 3.05) is 0 Å². The highest BCUT2D eigenvalue weighted by atomic mass is 16.1. The summed E-state index contributed by atoms with van der Waals surface area (Å²) in [6.45, 7) is 7.45. The lowest BCUT2D eigenvalue weighted by molar-refractivity contribution is 0.103. The number of nitrogens with zero attached hydrogens (tertiary/aromatic N) is 1. The number of carbonyl (C=O) groups excluding carboxylic acids is 1. The maximum Gasteiger partial charge on any atom is 0.269 e. The summed E-state index contributed by atoms with van der Waals surface area (Å²) in [6.07, 6.45) is 3.89. The molecule has 0 spiro atoms. The van der Waals surface area contributed by atoms with Crippen LogP contribution in [0.25, 0.3) is 6.08 Å². The standard InChI is InChI=1S/C18H18N2O2/c1-4-15-18(22)19-13(3)16(20-15)11-10-12(2)17(21)14-8-6-5-7-9-14/h5-11H,2,4H2,1,3H3,(H,19,22)/b11-10-. The van der Waals surface area contributed by atoms with Gasteiger partial charge in [0.2, 0.25) is 0 Å². The van der Waals surface area contributed by atoms with Crippen molar-refractivity contribution in [1.29, 1.82) is 0 Å². The Morgan fingerprint density at radius 2 is 2.00 bits per heavy atom. The molecule has 1 aromatic carbocycles. The van der Waals surface area contributed by atoms with Crippen LogP contribution in [0.15, 0.2) is 53.4 Å². The van der Waals surface area contributed by atoms with E-state index < -0.39 is 0 Å². The first-order valence-electron chi connectivity index (χ1n) is 7.09. The molecular weight excluding hydrogens is 276 g/mol. The smallest absolute Gasteiger partial charge is 0.269 e. The van der Waals surface area contributed by atoms with Crippen molar-refractivity contribution < 1.29 is 4.79 Å². The summed E-state index contributed by atoms with van der Waals surface area (Å²) in [5, 5.41) is 0. The van der Waals surface area contributed by atoms with Gasteiger partial charge in [0.15, 0.2) is 5.78 Å². The number of H-pyrrole nitrogens is 1. The molecule has 0 amide bonds. The van der Waals surface area contributed by atoms with Crippen LogP contribution in [0.5, 0.6) is 0 Å². The number of rotatable bonds is 5. The van der Waals surface area contributed by atoms with Crippen molar-refractivity contribution in [3.05, 3.63) is 81.6 Å². The van der Waals surface area contributed by atoms with Crippen LogP contribution in [0.4, 0.5) is 0 Å². The van der Waals surface area contributed by atoms with Gasteiger partial charge in [-0.05, 0) is 25.5 Å². The largest absolute Gasteiger partial charge is 0.323 e. The van der Waals surface area contributed by atoms with Crippen LogP contribution in [0.1, 0.15) is 34.4 Å². The van der Waals surface area contributed by atoms with Gasteiger partial charge in [-0.15, -0.1) is 0 Å². The number of hydrogen-bond donors (Lipinski definition) is 1. The highest BCUT2D eigenvalue weighted by Gasteiger charge is 2.08. The Labute approximate surface area is 129 Å². The second-order valence-corrected chi connectivity index (χ2v) is 4.93. The minimum Gasteiger partial charge on any atom is -0.323 e. The lowest BCUT2D eigenvalue weighted by atomic mass is 10.0. The fourth-order valence-corrected chi connectivity index (χ4v) is 2.02. The molecule has 1 aromatic heterocycles. The molecule has 0 aliphatic heterocycles. The summed E-state index contributed by atoms with van der Waals surface area (Å²) in [5.74, 6) is -0.130. The third kappa shape index (κ3) is 3.47. The van der Waals surface area contributed by atoms with Gasteiger partial charge in [-0.1, -0.05) is 43.8 Å². The van der Waals surface area contributed by atoms with Crippen LogP contribution in [-0.2, 0) is 6.42 Å². The van der Waals surface area contributed by atoms with Gasteiger partial charge >= 0.3 is 0 Å². The third-order valence-electron chi connectivity index (χ3n) is 3.31. The number of carbonyl (C=O) groups is 1. The summed E-state index contributed by atoms with van der Waals surface area (Å²) in [4.78, 5) is 30.9. The van der Waals surface area contributed by atoms with E-state index in [4.69, 9.17) is 0 Å². The average molecular weight is 294 g/mol. The summed E-state index contributed by atoms with van der Waals surface area (Å²) in [5.41, 5.74) is 2.58. The average Bonchev–Trinajstić information content (AvgIpc) is 2.54. The molecule has 0 radical (unpaired) electrons. The Balaban J connectivity index is 2.23. The number of hydrogen-bond acceptors (Lipinski definition) is 3. The molecule has 0 fully saturated rings. The minimum absolute atomic E-state index is 0.130. The Morgan fingerprint density at radius 3 is 2.64 bits per heavy atom. The number of aromatic amines is 1. The fraction of sp³-hybridized carbons (Fsp3) is 0.167. The minimum atomic E-state index is -0.170. The SMILES string of the molecule is C=C(/C=C\c1nc(CC)c(=O)[nH]c1C)C(=O)c1ccccc1. The third-order valence-corrected chi connectivity index (χ3v) is 3.31. The quantitative estimate of drug-likeness (QED) is 0.523. The van der Waals surface area contributed by atoms with Crippen LogP contribution < -0.4 is 5.56 Å². The summed E-state index contributed by atoms with van der Waals surface area (Å²) in [6, 6.07) is 8.98. The van der Waals surface area contributed by atoms with Crippen LogP contribution >= 0.6 is 0 Å².